The van der Waals surface area contributed by atoms with Crippen molar-refractivity contribution in [1.82, 2.24) is 4.90 Å². The molecular weight excluding hydrogens is 251 g/mol. The van der Waals surface area contributed by atoms with Gasteiger partial charge in [0.25, 0.3) is 0 Å². The molecule has 0 saturated carbocycles. The van der Waals surface area contributed by atoms with Gasteiger partial charge in [0.15, 0.2) is 0 Å². The van der Waals surface area contributed by atoms with Crippen LogP contribution in [0.25, 0.3) is 0 Å². The van der Waals surface area contributed by atoms with Crippen molar-refractivity contribution in [2.24, 2.45) is 11.3 Å². The Hall–Kier alpha value is -1.27. The smallest absolute Gasteiger partial charge is 0.397 e. The number of hydrogen-bond donors (Lipinski definition) is 1. The van der Waals surface area contributed by atoms with Crippen LogP contribution in [0.5, 0.6) is 0 Å². The quantitative estimate of drug-likeness (QED) is 0.849. The molecule has 104 valence electrons. The van der Waals surface area contributed by atoms with Gasteiger partial charge in [-0.2, -0.15) is 13.2 Å². The Labute approximate surface area is 103 Å². The molecule has 0 aromatic carbocycles. The zero-order valence-corrected chi connectivity index (χ0v) is 10.3. The number of aliphatic carboxylic acids is 1. The highest BCUT2D eigenvalue weighted by atomic mass is 19.4. The molecule has 1 unspecified atom stereocenters. The average Bonchev–Trinajstić information content (AvgIpc) is 2.59. The summed E-state index contributed by atoms with van der Waals surface area (Å²) in [6.45, 7) is 3.33. The van der Waals surface area contributed by atoms with Crippen LogP contribution in [0.15, 0.2) is 0 Å². The fourth-order valence-corrected chi connectivity index (χ4v) is 2.22. The first-order valence-electron chi connectivity index (χ1n) is 5.66. The number of nitrogens with zero attached hydrogens (tertiary/aromatic N) is 1. The van der Waals surface area contributed by atoms with Crippen LogP contribution in [0.4, 0.5) is 13.2 Å². The first kappa shape index (κ1) is 14.8. The van der Waals surface area contributed by atoms with Crippen LogP contribution >= 0.6 is 0 Å². The Bertz CT molecular complexity index is 354. The summed E-state index contributed by atoms with van der Waals surface area (Å²) in [6.07, 6.45) is -5.88. The number of carbonyl (C=O) groups is 2. The van der Waals surface area contributed by atoms with Gasteiger partial charge in [-0.15, -0.1) is 0 Å². The van der Waals surface area contributed by atoms with E-state index < -0.39 is 29.9 Å². The summed E-state index contributed by atoms with van der Waals surface area (Å²) in [5.41, 5.74) is -1.12. The molecule has 1 aliphatic rings. The zero-order valence-electron chi connectivity index (χ0n) is 10.3. The highest BCUT2D eigenvalue weighted by Crippen LogP contribution is 2.38. The second kappa shape index (κ2) is 4.78. The highest BCUT2D eigenvalue weighted by molar-refractivity contribution is 5.81. The molecule has 0 aliphatic carbocycles. The van der Waals surface area contributed by atoms with E-state index in [2.05, 4.69) is 0 Å². The molecule has 0 radical (unpaired) electrons. The molecule has 1 rings (SSSR count). The maximum Gasteiger partial charge on any atom is 0.397 e. The van der Waals surface area contributed by atoms with E-state index in [1.807, 2.05) is 0 Å². The van der Waals surface area contributed by atoms with Crippen molar-refractivity contribution in [3.8, 4) is 0 Å². The molecule has 1 atom stereocenters. The number of carboxylic acids is 1. The van der Waals surface area contributed by atoms with Crippen LogP contribution in [0.2, 0.25) is 0 Å². The Morgan fingerprint density at radius 2 is 1.94 bits per heavy atom. The average molecular weight is 267 g/mol. The minimum absolute atomic E-state index is 0.0688. The molecule has 0 spiro atoms. The van der Waals surface area contributed by atoms with Gasteiger partial charge in [-0.3, -0.25) is 9.59 Å². The Balaban J connectivity index is 2.76. The van der Waals surface area contributed by atoms with Crippen molar-refractivity contribution in [2.45, 2.75) is 32.9 Å². The SMILES string of the molecule is CC(C)C1(C(=O)O)CCN(C(=O)CC(F)(F)F)C1. The Morgan fingerprint density at radius 1 is 1.39 bits per heavy atom. The summed E-state index contributed by atoms with van der Waals surface area (Å²) in [7, 11) is 0. The number of likely N-dealkylation sites (tertiary alicyclic amines) is 1. The van der Waals surface area contributed by atoms with Crippen LogP contribution in [0.1, 0.15) is 26.7 Å². The van der Waals surface area contributed by atoms with E-state index in [0.717, 1.165) is 4.90 Å². The Morgan fingerprint density at radius 3 is 2.28 bits per heavy atom. The topological polar surface area (TPSA) is 57.6 Å². The first-order valence-corrected chi connectivity index (χ1v) is 5.66. The molecule has 0 aromatic heterocycles. The number of carbonyl (C=O) groups excluding carboxylic acids is 1. The summed E-state index contributed by atoms with van der Waals surface area (Å²) in [6, 6.07) is 0. The summed E-state index contributed by atoms with van der Waals surface area (Å²) < 4.78 is 36.3. The molecule has 1 saturated heterocycles. The fourth-order valence-electron chi connectivity index (χ4n) is 2.22. The number of halogens is 3. The van der Waals surface area contributed by atoms with Crippen molar-refractivity contribution in [3.63, 3.8) is 0 Å². The largest absolute Gasteiger partial charge is 0.481 e. The third kappa shape index (κ3) is 2.94. The summed E-state index contributed by atoms with van der Waals surface area (Å²) in [4.78, 5) is 23.7. The van der Waals surface area contributed by atoms with Crippen molar-refractivity contribution in [1.29, 1.82) is 0 Å². The second-order valence-electron chi connectivity index (χ2n) is 4.97. The van der Waals surface area contributed by atoms with Gasteiger partial charge in [-0.05, 0) is 12.3 Å². The lowest BCUT2D eigenvalue weighted by Crippen LogP contribution is -2.41. The molecule has 0 bridgehead atoms. The van der Waals surface area contributed by atoms with Crippen LogP contribution in [0.3, 0.4) is 0 Å². The number of alkyl halides is 3. The van der Waals surface area contributed by atoms with Crippen LogP contribution in [-0.4, -0.2) is 41.1 Å². The molecular formula is C11H16F3NO3. The van der Waals surface area contributed by atoms with E-state index in [0.29, 0.717) is 0 Å². The molecule has 1 heterocycles. The van der Waals surface area contributed by atoms with Gasteiger partial charge in [0.05, 0.1) is 5.41 Å². The van der Waals surface area contributed by atoms with Gasteiger partial charge in [0.2, 0.25) is 5.91 Å². The summed E-state index contributed by atoms with van der Waals surface area (Å²) in [5, 5.41) is 9.21. The number of rotatable bonds is 3. The molecule has 7 heteroatoms. The number of carboxylic acid groups (broad SMARTS) is 1. The maximum atomic E-state index is 12.1. The van der Waals surface area contributed by atoms with E-state index >= 15 is 0 Å². The van der Waals surface area contributed by atoms with Crippen molar-refractivity contribution in [3.05, 3.63) is 0 Å². The third-order valence-corrected chi connectivity index (χ3v) is 3.54. The monoisotopic (exact) mass is 267 g/mol. The lowest BCUT2D eigenvalue weighted by atomic mass is 9.76. The minimum atomic E-state index is -4.55. The van der Waals surface area contributed by atoms with Crippen molar-refractivity contribution < 1.29 is 27.9 Å². The predicted molar refractivity (Wildman–Crippen MR) is 56.8 cm³/mol. The molecule has 1 N–H and O–H groups in total. The van der Waals surface area contributed by atoms with Gasteiger partial charge < -0.3 is 10.0 Å². The molecule has 1 fully saturated rings. The fraction of sp³-hybridized carbons (Fsp3) is 0.818. The van der Waals surface area contributed by atoms with Crippen LogP contribution in [-0.2, 0) is 9.59 Å². The molecule has 1 amide bonds. The van der Waals surface area contributed by atoms with E-state index in [-0.39, 0.29) is 25.4 Å². The van der Waals surface area contributed by atoms with Crippen molar-refractivity contribution >= 4 is 11.9 Å². The normalized spacial score (nSPS) is 24.7. The zero-order chi connectivity index (χ0) is 14.1. The van der Waals surface area contributed by atoms with E-state index in [4.69, 9.17) is 0 Å². The molecule has 18 heavy (non-hydrogen) atoms. The lowest BCUT2D eigenvalue weighted by Gasteiger charge is -2.28. The second-order valence-corrected chi connectivity index (χ2v) is 4.97. The number of amides is 1. The van der Waals surface area contributed by atoms with Gasteiger partial charge >= 0.3 is 12.1 Å². The van der Waals surface area contributed by atoms with Gasteiger partial charge in [-0.1, -0.05) is 13.8 Å². The van der Waals surface area contributed by atoms with Gasteiger partial charge in [0, 0.05) is 13.1 Å². The van der Waals surface area contributed by atoms with Gasteiger partial charge in [-0.25, -0.2) is 0 Å². The predicted octanol–water partition coefficient (Wildman–Crippen LogP) is 1.90. The van der Waals surface area contributed by atoms with Gasteiger partial charge in [0.1, 0.15) is 6.42 Å². The summed E-state index contributed by atoms with van der Waals surface area (Å²) >= 11 is 0. The van der Waals surface area contributed by atoms with Crippen molar-refractivity contribution in [2.75, 3.05) is 13.1 Å². The molecule has 1 aliphatic heterocycles. The first-order chi connectivity index (χ1) is 8.08. The summed E-state index contributed by atoms with van der Waals surface area (Å²) in [5.74, 6) is -2.34. The van der Waals surface area contributed by atoms with E-state index in [1.165, 1.54) is 0 Å². The van der Waals surface area contributed by atoms with Crippen LogP contribution in [0, 0.1) is 11.3 Å². The third-order valence-electron chi connectivity index (χ3n) is 3.54. The number of hydrogen-bond acceptors (Lipinski definition) is 2. The standard InChI is InChI=1S/C11H16F3NO3/c1-7(2)10(9(17)18)3-4-15(6-10)8(16)5-11(12,13)14/h7H,3-6H2,1-2H3,(H,17,18). The minimum Gasteiger partial charge on any atom is -0.481 e. The van der Waals surface area contributed by atoms with E-state index in [9.17, 15) is 27.9 Å². The molecule has 0 aromatic rings. The van der Waals surface area contributed by atoms with Crippen LogP contribution < -0.4 is 0 Å². The molecule has 4 nitrogen and oxygen atoms in total. The van der Waals surface area contributed by atoms with E-state index in [1.54, 1.807) is 13.8 Å². The lowest BCUT2D eigenvalue weighted by molar-refractivity contribution is -0.161. The highest BCUT2D eigenvalue weighted by Gasteiger charge is 2.49. The Kier molecular flexibility index (Phi) is 3.92. The maximum absolute atomic E-state index is 12.1.